The molecule has 1 saturated heterocycles. The highest BCUT2D eigenvalue weighted by atomic mass is 16.5. The lowest BCUT2D eigenvalue weighted by Gasteiger charge is -2.40. The summed E-state index contributed by atoms with van der Waals surface area (Å²) in [6.07, 6.45) is 2.09. The smallest absolute Gasteiger partial charge is 0.0619 e. The lowest BCUT2D eigenvalue weighted by Crippen LogP contribution is -2.49. The topological polar surface area (TPSA) is 32.7 Å². The van der Waals surface area contributed by atoms with Crippen LogP contribution in [-0.4, -0.2) is 49.0 Å². The minimum Gasteiger partial charge on any atom is -0.396 e. The van der Waals surface area contributed by atoms with E-state index in [4.69, 9.17) is 4.74 Å². The second kappa shape index (κ2) is 5.83. The quantitative estimate of drug-likeness (QED) is 0.754. The summed E-state index contributed by atoms with van der Waals surface area (Å²) >= 11 is 0. The van der Waals surface area contributed by atoms with Gasteiger partial charge >= 0.3 is 0 Å². The monoisotopic (exact) mass is 215 g/mol. The molecule has 0 aromatic carbocycles. The molecule has 0 aromatic heterocycles. The molecule has 1 atom stereocenters. The van der Waals surface area contributed by atoms with Crippen molar-refractivity contribution in [1.82, 2.24) is 4.90 Å². The van der Waals surface area contributed by atoms with E-state index >= 15 is 0 Å². The molecule has 1 N–H and O–H groups in total. The molecule has 0 spiro atoms. The molecule has 0 radical (unpaired) electrons. The first-order chi connectivity index (χ1) is 7.17. The number of rotatable bonds is 5. The minimum atomic E-state index is 0.0889. The highest BCUT2D eigenvalue weighted by Gasteiger charge is 2.31. The third kappa shape index (κ3) is 3.16. The van der Waals surface area contributed by atoms with Gasteiger partial charge in [-0.1, -0.05) is 13.8 Å². The molecule has 1 unspecified atom stereocenters. The largest absolute Gasteiger partial charge is 0.396 e. The van der Waals surface area contributed by atoms with E-state index < -0.39 is 0 Å². The number of hydrogen-bond acceptors (Lipinski definition) is 3. The van der Waals surface area contributed by atoms with Crippen molar-refractivity contribution in [1.29, 1.82) is 0 Å². The van der Waals surface area contributed by atoms with Crippen LogP contribution in [0.3, 0.4) is 0 Å². The van der Waals surface area contributed by atoms with Crippen molar-refractivity contribution in [3.63, 3.8) is 0 Å². The Bertz CT molecular complexity index is 172. The van der Waals surface area contributed by atoms with E-state index in [9.17, 15) is 5.11 Å². The fourth-order valence-electron chi connectivity index (χ4n) is 2.17. The number of ether oxygens (including phenoxy) is 1. The van der Waals surface area contributed by atoms with Gasteiger partial charge < -0.3 is 9.84 Å². The van der Waals surface area contributed by atoms with E-state index in [1.54, 1.807) is 0 Å². The second-order valence-electron chi connectivity index (χ2n) is 4.76. The molecule has 1 heterocycles. The standard InChI is InChI=1S/C12H25NO2/c1-4-12(5-2,10-14)9-13-6-7-15-8-11(13)3/h11,14H,4-10H2,1-3H3. The minimum absolute atomic E-state index is 0.0889. The van der Waals surface area contributed by atoms with Crippen molar-refractivity contribution in [3.05, 3.63) is 0 Å². The molecule has 1 aliphatic rings. The van der Waals surface area contributed by atoms with Gasteiger partial charge in [0.05, 0.1) is 13.2 Å². The molecule has 15 heavy (non-hydrogen) atoms. The van der Waals surface area contributed by atoms with Crippen LogP contribution in [0.25, 0.3) is 0 Å². The van der Waals surface area contributed by atoms with Crippen LogP contribution in [0.5, 0.6) is 0 Å². The van der Waals surface area contributed by atoms with Crippen LogP contribution in [-0.2, 0) is 4.74 Å². The van der Waals surface area contributed by atoms with E-state index in [0.717, 1.165) is 39.1 Å². The Hall–Kier alpha value is -0.120. The third-order valence-electron chi connectivity index (χ3n) is 3.88. The van der Waals surface area contributed by atoms with Gasteiger partial charge in [-0.15, -0.1) is 0 Å². The summed E-state index contributed by atoms with van der Waals surface area (Å²) in [7, 11) is 0. The van der Waals surface area contributed by atoms with Crippen molar-refractivity contribution in [2.75, 3.05) is 32.9 Å². The molecule has 0 bridgehead atoms. The van der Waals surface area contributed by atoms with E-state index in [0.29, 0.717) is 12.6 Å². The van der Waals surface area contributed by atoms with Gasteiger partial charge in [0.1, 0.15) is 0 Å². The number of nitrogens with zero attached hydrogens (tertiary/aromatic N) is 1. The predicted molar refractivity (Wildman–Crippen MR) is 62.0 cm³/mol. The molecule has 0 saturated carbocycles. The van der Waals surface area contributed by atoms with Gasteiger partial charge in [-0.25, -0.2) is 0 Å². The van der Waals surface area contributed by atoms with Gasteiger partial charge in [-0.05, 0) is 19.8 Å². The number of hydrogen-bond donors (Lipinski definition) is 1. The summed E-state index contributed by atoms with van der Waals surface area (Å²) in [6.45, 7) is 10.5. The summed E-state index contributed by atoms with van der Waals surface area (Å²) in [4.78, 5) is 2.45. The summed E-state index contributed by atoms with van der Waals surface area (Å²) in [5, 5.41) is 9.54. The number of aliphatic hydroxyl groups is 1. The Balaban J connectivity index is 2.56. The van der Waals surface area contributed by atoms with Gasteiger partial charge in [0.15, 0.2) is 0 Å². The highest BCUT2D eigenvalue weighted by molar-refractivity contribution is 4.83. The first-order valence-corrected chi connectivity index (χ1v) is 6.10. The molecule has 1 fully saturated rings. The van der Waals surface area contributed by atoms with E-state index in [-0.39, 0.29) is 5.41 Å². The Labute approximate surface area is 93.4 Å². The van der Waals surface area contributed by atoms with Crippen molar-refractivity contribution < 1.29 is 9.84 Å². The molecule has 0 amide bonds. The van der Waals surface area contributed by atoms with Gasteiger partial charge in [-0.3, -0.25) is 4.90 Å². The first-order valence-electron chi connectivity index (χ1n) is 6.10. The predicted octanol–water partition coefficient (Wildman–Crippen LogP) is 1.51. The molecule has 90 valence electrons. The van der Waals surface area contributed by atoms with Crippen LogP contribution in [0.2, 0.25) is 0 Å². The summed E-state index contributed by atoms with van der Waals surface area (Å²) in [5.74, 6) is 0. The molecule has 1 rings (SSSR count). The maximum absolute atomic E-state index is 9.54. The maximum atomic E-state index is 9.54. The van der Waals surface area contributed by atoms with Crippen LogP contribution in [0.4, 0.5) is 0 Å². The second-order valence-corrected chi connectivity index (χ2v) is 4.76. The van der Waals surface area contributed by atoms with Crippen LogP contribution in [0.1, 0.15) is 33.6 Å². The summed E-state index contributed by atoms with van der Waals surface area (Å²) in [5.41, 5.74) is 0.0889. The fourth-order valence-corrected chi connectivity index (χ4v) is 2.17. The van der Waals surface area contributed by atoms with Gasteiger partial charge in [0.25, 0.3) is 0 Å². The van der Waals surface area contributed by atoms with Crippen LogP contribution in [0.15, 0.2) is 0 Å². The summed E-state index contributed by atoms with van der Waals surface area (Å²) in [6, 6.07) is 0.489. The molecule has 3 heteroatoms. The number of aliphatic hydroxyl groups excluding tert-OH is 1. The Morgan fingerprint density at radius 3 is 2.53 bits per heavy atom. The Kier molecular flexibility index (Phi) is 5.03. The molecular formula is C12H25NO2. The molecule has 1 aliphatic heterocycles. The maximum Gasteiger partial charge on any atom is 0.0619 e. The van der Waals surface area contributed by atoms with Crippen LogP contribution >= 0.6 is 0 Å². The third-order valence-corrected chi connectivity index (χ3v) is 3.88. The number of morpholine rings is 1. The fraction of sp³-hybridized carbons (Fsp3) is 1.00. The normalized spacial score (nSPS) is 24.4. The van der Waals surface area contributed by atoms with E-state index in [1.165, 1.54) is 0 Å². The van der Waals surface area contributed by atoms with Crippen molar-refractivity contribution in [3.8, 4) is 0 Å². The molecule has 0 aromatic rings. The van der Waals surface area contributed by atoms with E-state index in [2.05, 4.69) is 25.7 Å². The van der Waals surface area contributed by atoms with Crippen molar-refractivity contribution in [2.24, 2.45) is 5.41 Å². The van der Waals surface area contributed by atoms with Crippen molar-refractivity contribution in [2.45, 2.75) is 39.7 Å². The van der Waals surface area contributed by atoms with Gasteiger partial charge in [0.2, 0.25) is 0 Å². The lowest BCUT2D eigenvalue weighted by molar-refractivity contribution is -0.0328. The lowest BCUT2D eigenvalue weighted by atomic mass is 9.82. The van der Waals surface area contributed by atoms with Crippen LogP contribution < -0.4 is 0 Å². The highest BCUT2D eigenvalue weighted by Crippen LogP contribution is 2.28. The molecular weight excluding hydrogens is 190 g/mol. The zero-order valence-corrected chi connectivity index (χ0v) is 10.3. The average molecular weight is 215 g/mol. The average Bonchev–Trinajstić information content (AvgIpc) is 2.29. The zero-order chi connectivity index (χ0) is 11.3. The molecule has 0 aliphatic carbocycles. The Morgan fingerprint density at radius 2 is 2.07 bits per heavy atom. The van der Waals surface area contributed by atoms with E-state index in [1.807, 2.05) is 0 Å². The summed E-state index contributed by atoms with van der Waals surface area (Å²) < 4.78 is 5.42. The van der Waals surface area contributed by atoms with Gasteiger partial charge in [-0.2, -0.15) is 0 Å². The zero-order valence-electron chi connectivity index (χ0n) is 10.3. The molecule has 3 nitrogen and oxygen atoms in total. The SMILES string of the molecule is CCC(CC)(CO)CN1CCOCC1C. The van der Waals surface area contributed by atoms with Crippen molar-refractivity contribution >= 4 is 0 Å². The van der Waals surface area contributed by atoms with Gasteiger partial charge in [0, 0.05) is 31.2 Å². The first kappa shape index (κ1) is 12.9. The Morgan fingerprint density at radius 1 is 1.40 bits per heavy atom. The van der Waals surface area contributed by atoms with Crippen LogP contribution in [0, 0.1) is 5.41 Å².